The van der Waals surface area contributed by atoms with Gasteiger partial charge in [0.1, 0.15) is 9.86 Å². The number of hydrogen-bond acceptors (Lipinski definition) is 7. The Hall–Kier alpha value is -1.61. The number of fused-ring (bicyclic) bond motifs is 3. The molecule has 152 valence electrons. The number of anilines is 1. The second-order valence-corrected chi connectivity index (χ2v) is 10.4. The molecule has 0 saturated carbocycles. The fourth-order valence-corrected chi connectivity index (χ4v) is 5.83. The van der Waals surface area contributed by atoms with Gasteiger partial charge in [-0.3, -0.25) is 4.79 Å². The minimum absolute atomic E-state index is 0.0328. The van der Waals surface area contributed by atoms with Crippen LogP contribution in [0.1, 0.15) is 29.9 Å². The molecule has 5 nitrogen and oxygen atoms in total. The highest BCUT2D eigenvalue weighted by molar-refractivity contribution is 8.00. The molecule has 0 atom stereocenters. The molecule has 3 aromatic rings. The molecule has 0 aliphatic carbocycles. The molecule has 1 amide bonds. The molecule has 1 aliphatic rings. The molecular weight excluding hydrogens is 422 g/mol. The minimum Gasteiger partial charge on any atom is -0.370 e. The van der Waals surface area contributed by atoms with Crippen molar-refractivity contribution in [2.75, 3.05) is 17.3 Å². The van der Waals surface area contributed by atoms with Crippen LogP contribution in [0.4, 0.5) is 5.69 Å². The molecule has 0 radical (unpaired) electrons. The second kappa shape index (κ2) is 8.26. The Bertz CT molecular complexity index is 1080. The molecule has 0 spiro atoms. The average Bonchev–Trinajstić information content (AvgIpc) is 3.04. The molecule has 1 aliphatic heterocycles. The van der Waals surface area contributed by atoms with E-state index in [1.54, 1.807) is 11.3 Å². The minimum atomic E-state index is -0.205. The van der Waals surface area contributed by atoms with Crippen molar-refractivity contribution < 1.29 is 9.53 Å². The van der Waals surface area contributed by atoms with Gasteiger partial charge in [-0.25, -0.2) is 9.97 Å². The first kappa shape index (κ1) is 20.7. The summed E-state index contributed by atoms with van der Waals surface area (Å²) in [5.41, 5.74) is 2.97. The lowest BCUT2D eigenvalue weighted by atomic mass is 9.95. The van der Waals surface area contributed by atoms with E-state index in [1.807, 2.05) is 37.4 Å². The number of amides is 1. The monoisotopic (exact) mass is 445 g/mol. The van der Waals surface area contributed by atoms with Gasteiger partial charge in [0.15, 0.2) is 5.16 Å². The maximum atomic E-state index is 12.6. The SMILES string of the molecule is CSc1nc(SCC(=O)Nc2ccccc2C)c2c3c(sc2n1)COC(C)(C)C3. The van der Waals surface area contributed by atoms with Gasteiger partial charge in [-0.15, -0.1) is 11.3 Å². The summed E-state index contributed by atoms with van der Waals surface area (Å²) < 4.78 is 5.98. The van der Waals surface area contributed by atoms with Crippen LogP contribution in [-0.2, 0) is 22.6 Å². The lowest BCUT2D eigenvalue weighted by Gasteiger charge is -2.30. The van der Waals surface area contributed by atoms with Crippen LogP contribution in [0.25, 0.3) is 10.2 Å². The quantitative estimate of drug-likeness (QED) is 0.326. The number of carbonyl (C=O) groups excluding carboxylic acids is 1. The number of nitrogens with zero attached hydrogens (tertiary/aromatic N) is 2. The number of thioether (sulfide) groups is 2. The Labute approximate surface area is 183 Å². The Kier molecular flexibility index (Phi) is 5.88. The van der Waals surface area contributed by atoms with Crippen molar-refractivity contribution >= 4 is 56.7 Å². The molecule has 8 heteroatoms. The fourth-order valence-electron chi connectivity index (χ4n) is 3.32. The lowest BCUT2D eigenvalue weighted by Crippen LogP contribution is -2.31. The number of carbonyl (C=O) groups is 1. The largest absolute Gasteiger partial charge is 0.370 e. The third-order valence-electron chi connectivity index (χ3n) is 4.82. The summed E-state index contributed by atoms with van der Waals surface area (Å²) in [5.74, 6) is 0.271. The number of ether oxygens (including phenoxy) is 1. The number of rotatable bonds is 5. The molecule has 0 fully saturated rings. The zero-order valence-corrected chi connectivity index (χ0v) is 19.3. The van der Waals surface area contributed by atoms with E-state index in [0.717, 1.165) is 38.1 Å². The van der Waals surface area contributed by atoms with Gasteiger partial charge >= 0.3 is 0 Å². The summed E-state index contributed by atoms with van der Waals surface area (Å²) in [6.45, 7) is 6.82. The lowest BCUT2D eigenvalue weighted by molar-refractivity contribution is -0.113. The average molecular weight is 446 g/mol. The second-order valence-electron chi connectivity index (χ2n) is 7.58. The molecule has 0 saturated heterocycles. The Morgan fingerprint density at radius 3 is 2.86 bits per heavy atom. The van der Waals surface area contributed by atoms with Crippen LogP contribution in [0.2, 0.25) is 0 Å². The Morgan fingerprint density at radius 1 is 1.31 bits per heavy atom. The first-order valence-corrected chi connectivity index (χ1v) is 12.4. The van der Waals surface area contributed by atoms with Gasteiger partial charge in [-0.05, 0) is 44.2 Å². The first-order chi connectivity index (χ1) is 13.9. The third-order valence-corrected chi connectivity index (χ3v) is 7.44. The molecule has 1 aromatic carbocycles. The first-order valence-electron chi connectivity index (χ1n) is 9.35. The van der Waals surface area contributed by atoms with Crippen LogP contribution >= 0.6 is 34.9 Å². The number of thiophene rings is 1. The van der Waals surface area contributed by atoms with Gasteiger partial charge in [0.25, 0.3) is 0 Å². The van der Waals surface area contributed by atoms with Crippen molar-refractivity contribution in [3.05, 3.63) is 40.3 Å². The van der Waals surface area contributed by atoms with Gasteiger partial charge in [0, 0.05) is 22.4 Å². The van der Waals surface area contributed by atoms with Crippen molar-refractivity contribution in [1.82, 2.24) is 9.97 Å². The van der Waals surface area contributed by atoms with E-state index in [-0.39, 0.29) is 11.5 Å². The van der Waals surface area contributed by atoms with Crippen molar-refractivity contribution in [1.29, 1.82) is 0 Å². The van der Waals surface area contributed by atoms with Gasteiger partial charge in [-0.1, -0.05) is 41.7 Å². The number of aromatic nitrogens is 2. The van der Waals surface area contributed by atoms with E-state index >= 15 is 0 Å². The van der Waals surface area contributed by atoms with E-state index < -0.39 is 0 Å². The van der Waals surface area contributed by atoms with Crippen LogP contribution < -0.4 is 5.32 Å². The fraction of sp³-hybridized carbons (Fsp3) is 0.381. The smallest absolute Gasteiger partial charge is 0.234 e. The van der Waals surface area contributed by atoms with Crippen LogP contribution in [0.5, 0.6) is 0 Å². The topological polar surface area (TPSA) is 64.1 Å². The molecule has 2 aromatic heterocycles. The van der Waals surface area contributed by atoms with E-state index in [0.29, 0.717) is 12.4 Å². The Morgan fingerprint density at radius 2 is 2.10 bits per heavy atom. The normalized spacial score (nSPS) is 15.3. The van der Waals surface area contributed by atoms with Gasteiger partial charge in [-0.2, -0.15) is 0 Å². The summed E-state index contributed by atoms with van der Waals surface area (Å²) in [5, 5.41) is 5.71. The zero-order valence-electron chi connectivity index (χ0n) is 16.9. The highest BCUT2D eigenvalue weighted by Crippen LogP contribution is 2.42. The van der Waals surface area contributed by atoms with Gasteiger partial charge in [0.2, 0.25) is 5.91 Å². The van der Waals surface area contributed by atoms with Crippen LogP contribution in [0.3, 0.4) is 0 Å². The molecule has 3 heterocycles. The Balaban J connectivity index is 1.61. The van der Waals surface area contributed by atoms with Gasteiger partial charge in [0.05, 0.1) is 18.0 Å². The van der Waals surface area contributed by atoms with E-state index in [2.05, 4.69) is 19.2 Å². The van der Waals surface area contributed by atoms with Gasteiger partial charge < -0.3 is 10.1 Å². The molecule has 0 unspecified atom stereocenters. The number of nitrogens with one attached hydrogen (secondary N) is 1. The highest BCUT2D eigenvalue weighted by Gasteiger charge is 2.31. The van der Waals surface area contributed by atoms with Crippen LogP contribution in [0.15, 0.2) is 34.4 Å². The molecule has 0 bridgehead atoms. The van der Waals surface area contributed by atoms with Crippen LogP contribution in [-0.4, -0.2) is 33.5 Å². The van der Waals surface area contributed by atoms with Crippen molar-refractivity contribution in [2.24, 2.45) is 0 Å². The summed E-state index contributed by atoms with van der Waals surface area (Å²) >= 11 is 4.68. The van der Waals surface area contributed by atoms with Crippen molar-refractivity contribution in [3.8, 4) is 0 Å². The number of hydrogen-bond donors (Lipinski definition) is 1. The van der Waals surface area contributed by atoms with Crippen molar-refractivity contribution in [3.63, 3.8) is 0 Å². The molecule has 4 rings (SSSR count). The summed E-state index contributed by atoms with van der Waals surface area (Å²) in [6.07, 6.45) is 2.80. The highest BCUT2D eigenvalue weighted by atomic mass is 32.2. The summed E-state index contributed by atoms with van der Waals surface area (Å²) in [4.78, 5) is 24.2. The predicted molar refractivity (Wildman–Crippen MR) is 122 cm³/mol. The number of benzene rings is 1. The molecule has 1 N–H and O–H groups in total. The molecular formula is C21H23N3O2S3. The van der Waals surface area contributed by atoms with E-state index in [1.165, 1.54) is 34.0 Å². The standard InChI is InChI=1S/C21H23N3O2S3/c1-12-7-5-6-8-14(12)22-16(25)11-28-18-17-13-9-21(2,3)26-10-15(13)29-19(17)24-20(23-18)27-4/h5-8H,9-11H2,1-4H3,(H,22,25). The van der Waals surface area contributed by atoms with E-state index in [4.69, 9.17) is 14.7 Å². The number of para-hydroxylation sites is 1. The maximum absolute atomic E-state index is 12.6. The van der Waals surface area contributed by atoms with Crippen molar-refractivity contribution in [2.45, 2.75) is 49.6 Å². The maximum Gasteiger partial charge on any atom is 0.234 e. The predicted octanol–water partition coefficient (Wildman–Crippen LogP) is 5.30. The summed E-state index contributed by atoms with van der Waals surface area (Å²) in [6, 6.07) is 7.80. The third kappa shape index (κ3) is 4.45. The summed E-state index contributed by atoms with van der Waals surface area (Å²) in [7, 11) is 0. The number of aryl methyl sites for hydroxylation is 1. The van der Waals surface area contributed by atoms with Crippen LogP contribution in [0, 0.1) is 6.92 Å². The zero-order chi connectivity index (χ0) is 20.6. The molecule has 29 heavy (non-hydrogen) atoms. The van der Waals surface area contributed by atoms with E-state index in [9.17, 15) is 4.79 Å².